The Balaban J connectivity index is 1.61. The number of nitrogens with zero attached hydrogens (tertiary/aromatic N) is 1. The van der Waals surface area contributed by atoms with Gasteiger partial charge in [-0.3, -0.25) is 9.59 Å². The second-order valence-electron chi connectivity index (χ2n) is 11.9. The average molecular weight is 581 g/mol. The number of anilines is 1. The van der Waals surface area contributed by atoms with Crippen molar-refractivity contribution < 1.29 is 24.5 Å². The molecule has 0 bridgehead atoms. The lowest BCUT2D eigenvalue weighted by molar-refractivity contribution is -0.129. The molecule has 2 fully saturated rings. The number of carbonyl (C=O) groups is 2. The molecule has 2 aliphatic heterocycles. The number of piperidine rings is 1. The molecule has 2 aromatic carbocycles. The van der Waals surface area contributed by atoms with Gasteiger partial charge in [-0.15, -0.1) is 0 Å². The number of aliphatic hydroxyl groups is 2. The van der Waals surface area contributed by atoms with Crippen molar-refractivity contribution in [2.75, 3.05) is 44.4 Å². The van der Waals surface area contributed by atoms with E-state index in [-0.39, 0.29) is 36.3 Å². The lowest BCUT2D eigenvalue weighted by Gasteiger charge is -2.37. The summed E-state index contributed by atoms with van der Waals surface area (Å²) >= 11 is 0. The maximum absolute atomic E-state index is 13.7. The van der Waals surface area contributed by atoms with Gasteiger partial charge in [-0.05, 0) is 80.3 Å². The van der Waals surface area contributed by atoms with Gasteiger partial charge in [-0.1, -0.05) is 31.2 Å². The lowest BCUT2D eigenvalue weighted by atomic mass is 9.84. The standard InChI is InChI=1S/C33H48N4O5/c1-5-37(27-10-12-42-13-11-27)31-16-26(25-8-6-24(7-9-25)17-34-18-28(39)20-38)15-29(23(31)4)32(40)35-19-30-21(2)14-22(3)36-33(30)41/h6-9,15-16,21-22,27-28,30,34,38-39H,5,10-14,17-20H2,1-4H3,(H,35,40)(H,36,41)/t21?,22?,28-,30?/m0/s1. The summed E-state index contributed by atoms with van der Waals surface area (Å²) in [5, 5.41) is 27.9. The molecule has 0 radical (unpaired) electrons. The van der Waals surface area contributed by atoms with E-state index in [9.17, 15) is 14.7 Å². The van der Waals surface area contributed by atoms with Crippen molar-refractivity contribution in [3.8, 4) is 11.1 Å². The monoisotopic (exact) mass is 580 g/mol. The average Bonchev–Trinajstić information content (AvgIpc) is 2.98. The van der Waals surface area contributed by atoms with E-state index in [1.54, 1.807) is 0 Å². The largest absolute Gasteiger partial charge is 0.394 e. The van der Waals surface area contributed by atoms with Crippen molar-refractivity contribution in [3.05, 3.63) is 53.1 Å². The van der Waals surface area contributed by atoms with Crippen LogP contribution < -0.4 is 20.9 Å². The van der Waals surface area contributed by atoms with Gasteiger partial charge in [0.2, 0.25) is 5.91 Å². The molecule has 9 nitrogen and oxygen atoms in total. The van der Waals surface area contributed by atoms with Crippen molar-refractivity contribution in [1.82, 2.24) is 16.0 Å². The first-order valence-electron chi connectivity index (χ1n) is 15.4. The van der Waals surface area contributed by atoms with Crippen LogP contribution in [0.4, 0.5) is 5.69 Å². The first kappa shape index (κ1) is 31.9. The van der Waals surface area contributed by atoms with Crippen LogP contribution in [-0.4, -0.2) is 79.7 Å². The fraction of sp³-hybridized carbons (Fsp3) is 0.576. The molecule has 4 atom stereocenters. The first-order chi connectivity index (χ1) is 20.2. The molecule has 2 saturated heterocycles. The molecule has 4 rings (SSSR count). The third-order valence-electron chi connectivity index (χ3n) is 8.73. The van der Waals surface area contributed by atoms with Crippen LogP contribution in [-0.2, 0) is 16.1 Å². The normalized spacial score (nSPS) is 22.0. The Kier molecular flexibility index (Phi) is 11.4. The summed E-state index contributed by atoms with van der Waals surface area (Å²) in [5.41, 5.74) is 5.62. The smallest absolute Gasteiger partial charge is 0.251 e. The summed E-state index contributed by atoms with van der Waals surface area (Å²) in [5.74, 6) is -0.214. The third-order valence-corrected chi connectivity index (χ3v) is 8.73. The highest BCUT2D eigenvalue weighted by Crippen LogP contribution is 2.34. The maximum Gasteiger partial charge on any atom is 0.251 e. The number of amides is 2. The van der Waals surface area contributed by atoms with Gasteiger partial charge >= 0.3 is 0 Å². The highest BCUT2D eigenvalue weighted by atomic mass is 16.5. The number of nitrogens with one attached hydrogen (secondary N) is 3. The molecule has 0 saturated carbocycles. The molecule has 0 aliphatic carbocycles. The van der Waals surface area contributed by atoms with Crippen LogP contribution >= 0.6 is 0 Å². The van der Waals surface area contributed by atoms with Crippen LogP contribution in [0, 0.1) is 18.8 Å². The highest BCUT2D eigenvalue weighted by molar-refractivity contribution is 5.99. The predicted octanol–water partition coefficient (Wildman–Crippen LogP) is 3.00. The minimum atomic E-state index is -0.781. The van der Waals surface area contributed by atoms with Crippen molar-refractivity contribution >= 4 is 17.5 Å². The Morgan fingerprint density at radius 1 is 1.14 bits per heavy atom. The van der Waals surface area contributed by atoms with Crippen LogP contribution in [0.1, 0.15) is 61.5 Å². The van der Waals surface area contributed by atoms with E-state index in [2.05, 4.69) is 52.9 Å². The number of ether oxygens (including phenoxy) is 1. The molecule has 230 valence electrons. The van der Waals surface area contributed by atoms with Gasteiger partial charge in [-0.25, -0.2) is 0 Å². The topological polar surface area (TPSA) is 123 Å². The Hall–Kier alpha value is -2.98. The molecule has 2 heterocycles. The maximum atomic E-state index is 13.7. The van der Waals surface area contributed by atoms with Crippen molar-refractivity contribution in [2.45, 2.75) is 71.7 Å². The zero-order valence-electron chi connectivity index (χ0n) is 25.5. The van der Waals surface area contributed by atoms with Gasteiger partial charge in [0.25, 0.3) is 5.91 Å². The minimum Gasteiger partial charge on any atom is -0.394 e. The molecule has 2 aliphatic rings. The van der Waals surface area contributed by atoms with Gasteiger partial charge in [0.05, 0.1) is 18.6 Å². The summed E-state index contributed by atoms with van der Waals surface area (Å²) in [7, 11) is 0. The number of rotatable bonds is 12. The molecule has 0 aromatic heterocycles. The Morgan fingerprint density at radius 2 is 1.86 bits per heavy atom. The molecule has 0 spiro atoms. The second kappa shape index (κ2) is 15.0. The number of carbonyl (C=O) groups excluding carboxylic acids is 2. The van der Waals surface area contributed by atoms with E-state index in [4.69, 9.17) is 9.84 Å². The Bertz CT molecular complexity index is 1200. The van der Waals surface area contributed by atoms with Crippen molar-refractivity contribution in [1.29, 1.82) is 0 Å². The molecular formula is C33H48N4O5. The SMILES string of the molecule is CCN(c1cc(-c2ccc(CNC[C@H](O)CO)cc2)cc(C(=O)NCC2C(=O)NC(C)CC2C)c1C)C1CCOCC1. The van der Waals surface area contributed by atoms with E-state index < -0.39 is 6.10 Å². The van der Waals surface area contributed by atoms with E-state index in [0.717, 1.165) is 67.0 Å². The van der Waals surface area contributed by atoms with Crippen LogP contribution in [0.2, 0.25) is 0 Å². The van der Waals surface area contributed by atoms with Crippen molar-refractivity contribution in [3.63, 3.8) is 0 Å². The first-order valence-corrected chi connectivity index (χ1v) is 15.4. The van der Waals surface area contributed by atoms with E-state index >= 15 is 0 Å². The summed E-state index contributed by atoms with van der Waals surface area (Å²) in [6.45, 7) is 11.5. The van der Waals surface area contributed by atoms with Gasteiger partial charge in [0.1, 0.15) is 0 Å². The summed E-state index contributed by atoms with van der Waals surface area (Å²) in [6, 6.07) is 12.8. The number of hydrogen-bond acceptors (Lipinski definition) is 7. The lowest BCUT2D eigenvalue weighted by Crippen LogP contribution is -2.50. The Morgan fingerprint density at radius 3 is 2.50 bits per heavy atom. The second-order valence-corrected chi connectivity index (χ2v) is 11.9. The highest BCUT2D eigenvalue weighted by Gasteiger charge is 2.32. The summed E-state index contributed by atoms with van der Waals surface area (Å²) in [4.78, 5) is 28.8. The molecule has 3 unspecified atom stereocenters. The predicted molar refractivity (Wildman–Crippen MR) is 165 cm³/mol. The van der Waals surface area contributed by atoms with Gasteiger partial charge in [0.15, 0.2) is 0 Å². The van der Waals surface area contributed by atoms with E-state index in [1.165, 1.54) is 0 Å². The quantitative estimate of drug-likeness (QED) is 0.262. The molecule has 5 N–H and O–H groups in total. The third kappa shape index (κ3) is 7.89. The van der Waals surface area contributed by atoms with Gasteiger partial charge in [-0.2, -0.15) is 0 Å². The summed E-state index contributed by atoms with van der Waals surface area (Å²) in [6.07, 6.45) is 2.00. The number of hydrogen-bond donors (Lipinski definition) is 5. The minimum absolute atomic E-state index is 0.00448. The molecule has 2 amide bonds. The Labute approximate surface area is 250 Å². The van der Waals surface area contributed by atoms with Crippen LogP contribution in [0.25, 0.3) is 11.1 Å². The molecular weight excluding hydrogens is 532 g/mol. The molecule has 9 heteroatoms. The van der Waals surface area contributed by atoms with Crippen LogP contribution in [0.3, 0.4) is 0 Å². The van der Waals surface area contributed by atoms with E-state index in [1.807, 2.05) is 32.0 Å². The zero-order valence-corrected chi connectivity index (χ0v) is 25.5. The van der Waals surface area contributed by atoms with Crippen LogP contribution in [0.5, 0.6) is 0 Å². The van der Waals surface area contributed by atoms with Gasteiger partial charge < -0.3 is 35.8 Å². The van der Waals surface area contributed by atoms with Crippen molar-refractivity contribution in [2.24, 2.45) is 11.8 Å². The number of aliphatic hydroxyl groups excluding tert-OH is 2. The zero-order chi connectivity index (χ0) is 30.2. The van der Waals surface area contributed by atoms with E-state index in [0.29, 0.717) is 31.2 Å². The van der Waals surface area contributed by atoms with Crippen LogP contribution in [0.15, 0.2) is 36.4 Å². The number of benzene rings is 2. The van der Waals surface area contributed by atoms with Gasteiger partial charge in [0, 0.05) is 62.7 Å². The summed E-state index contributed by atoms with van der Waals surface area (Å²) < 4.78 is 5.63. The fourth-order valence-corrected chi connectivity index (χ4v) is 6.27. The molecule has 2 aromatic rings. The molecule has 42 heavy (non-hydrogen) atoms. The fourth-order valence-electron chi connectivity index (χ4n) is 6.27.